The molecule has 0 atom stereocenters. The third-order valence-corrected chi connectivity index (χ3v) is 12.0. The highest BCUT2D eigenvalue weighted by Crippen LogP contribution is 2.63. The SMILES string of the molecule is [2H]c1c([2H])c([2H])c(-c2c([2H])c([2H])c(N(c3c([2H])c([2H])c(-c4c([2H])c([2H])c5c([2H])c([2H])c([2H])c([2H])c5c4-c4c([2H])c([2H])c5c(c4[2H])C(C([2H])([2H])[2H])(C([2H])([2H])[2H])c4c([2H])c([2H])c([2H])c([2H])c4-5)c([2H])c3[2H])c3c([2H])c([2H])c4c(c3[2H])C3(c5c([2H])c([2H])c([2H])c([2H])c5-c5c([2H])c([2H])c([2H])c([2H])c53)c3c([2H])c([2H])c([2H])c([2H])c3-4)c([2H])c2[2H])c([2H])c1[2H]. The smallest absolute Gasteiger partial charge is 0.0726 e. The second-order valence-electron chi connectivity index (χ2n) is 15.5. The van der Waals surface area contributed by atoms with Crippen LogP contribution in [-0.4, -0.2) is 0 Å². The molecule has 0 heterocycles. The van der Waals surface area contributed by atoms with E-state index in [1.54, 1.807) is 0 Å². The van der Waals surface area contributed by atoms with E-state index in [0.29, 0.717) is 0 Å². The third kappa shape index (κ3) is 5.71. The van der Waals surface area contributed by atoms with Crippen molar-refractivity contribution >= 4 is 27.8 Å². The summed E-state index contributed by atoms with van der Waals surface area (Å²) in [6.45, 7) is -8.24. The molecule has 0 aliphatic heterocycles. The van der Waals surface area contributed by atoms with E-state index in [1.165, 1.54) is 0 Å². The van der Waals surface area contributed by atoms with Crippen LogP contribution in [0.5, 0.6) is 0 Å². The molecule has 69 heavy (non-hydrogen) atoms. The number of nitrogens with zero attached hydrogens (tertiary/aromatic N) is 1. The van der Waals surface area contributed by atoms with E-state index in [-0.39, 0.29) is 4.90 Å². The Hall–Kier alpha value is -8.52. The molecule has 1 heteroatoms. The topological polar surface area (TPSA) is 3.24 Å². The largest absolute Gasteiger partial charge is 0.310 e. The third-order valence-electron chi connectivity index (χ3n) is 12.0. The number of hydrogen-bond donors (Lipinski definition) is 0. The van der Waals surface area contributed by atoms with Crippen molar-refractivity contribution in [1.29, 1.82) is 0 Å². The van der Waals surface area contributed by atoms with Crippen LogP contribution in [0.3, 0.4) is 0 Å². The van der Waals surface area contributed by atoms with Gasteiger partial charge in [0.1, 0.15) is 0 Å². The zero-order valence-corrected chi connectivity index (χ0v) is 34.4. The number of anilines is 3. The standard InChI is InChI=1S/C68H47N/c1-67(2)60-24-12-8-20-54(60)58-40-33-48(42-64(58)67)66-52-19-7-6-18-46(52)32-39-53(66)47-30-36-50(37-31-47)69(49-34-28-45(29-35-49)44-16-4-3-5-17-44)51-38-41-59-57-23-11-15-27-63(57)68(65(59)43-51)61-25-13-9-21-55(61)56-22-10-14-26-62(56)68/h3-43H,1-2H3/i1D3,2D3,3D,4D,5D,6D,7D,8D,9D,10D,11D,12D,13D,14D,15D,16D,17D,18D,19D,20D,21D,22D,23D,24D,25D,26D,27D,28D,29D,30D,31D,32D,33D,34D,35D,36D,37D,38D,39D,40D,41D,42D,43D. The van der Waals surface area contributed by atoms with Crippen LogP contribution >= 0.6 is 0 Å². The number of hydrogen-bond acceptors (Lipinski definition) is 1. The molecule has 0 unspecified atom stereocenters. The first-order chi connectivity index (χ1) is 53.6. The quantitative estimate of drug-likeness (QED) is 0.161. The van der Waals surface area contributed by atoms with E-state index in [1.807, 2.05) is 0 Å². The van der Waals surface area contributed by atoms with Gasteiger partial charge in [-0.3, -0.25) is 0 Å². The molecule has 0 saturated carbocycles. The van der Waals surface area contributed by atoms with Crippen molar-refractivity contribution in [3.8, 4) is 66.8 Å². The molecule has 1 nitrogen and oxygen atoms in total. The second kappa shape index (κ2) is 15.0. The fourth-order valence-electron chi connectivity index (χ4n) is 9.12. The first-order valence-electron chi connectivity index (χ1n) is 43.9. The highest BCUT2D eigenvalue weighted by molar-refractivity contribution is 6.05. The van der Waals surface area contributed by atoms with Crippen molar-refractivity contribution in [2.75, 3.05) is 4.90 Å². The molecule has 324 valence electrons. The lowest BCUT2D eigenvalue weighted by Crippen LogP contribution is -2.26. The molecule has 0 saturated heterocycles. The molecule has 0 N–H and O–H groups in total. The first kappa shape index (κ1) is 14.7. The summed E-state index contributed by atoms with van der Waals surface area (Å²) in [5, 5.41) is -2.15. The molecule has 3 aliphatic carbocycles. The highest BCUT2D eigenvalue weighted by atomic mass is 15.1. The monoisotopic (exact) mass is 925 g/mol. The maximum atomic E-state index is 10.9. The van der Waals surface area contributed by atoms with Crippen LogP contribution in [0.2, 0.25) is 0 Å². The molecule has 0 fully saturated rings. The van der Waals surface area contributed by atoms with Crippen molar-refractivity contribution in [3.05, 3.63) is 281 Å². The Morgan fingerprint density at radius 1 is 0.319 bits per heavy atom. The summed E-state index contributed by atoms with van der Waals surface area (Å²) in [5.41, 5.74) is -31.0. The number of fused-ring (bicyclic) bond motifs is 14. The van der Waals surface area contributed by atoms with Gasteiger partial charge in [0, 0.05) is 30.7 Å². The molecule has 11 aromatic carbocycles. The summed E-state index contributed by atoms with van der Waals surface area (Å²) in [7, 11) is 0. The van der Waals surface area contributed by atoms with E-state index >= 15 is 0 Å². The predicted molar refractivity (Wildman–Crippen MR) is 289 cm³/mol. The molecule has 3 aliphatic rings. The van der Waals surface area contributed by atoms with E-state index in [2.05, 4.69) is 0 Å². The van der Waals surface area contributed by atoms with Gasteiger partial charge >= 0.3 is 0 Å². The van der Waals surface area contributed by atoms with Gasteiger partial charge in [-0.15, -0.1) is 0 Å². The van der Waals surface area contributed by atoms with Crippen molar-refractivity contribution in [2.24, 2.45) is 0 Å². The Kier molecular flexibility index (Phi) is 3.20. The number of rotatable bonds is 6. The lowest BCUT2D eigenvalue weighted by Gasteiger charge is -2.32. The van der Waals surface area contributed by atoms with Gasteiger partial charge in [0.25, 0.3) is 0 Å². The second-order valence-corrected chi connectivity index (χ2v) is 15.5. The first-order valence-corrected chi connectivity index (χ1v) is 20.4. The van der Waals surface area contributed by atoms with Gasteiger partial charge in [0.15, 0.2) is 0 Å². The van der Waals surface area contributed by atoms with E-state index in [9.17, 15) is 32.9 Å². The van der Waals surface area contributed by atoms with Gasteiger partial charge in [0.2, 0.25) is 0 Å². The molecule has 14 rings (SSSR count). The summed E-state index contributed by atoms with van der Waals surface area (Å²) in [5.74, 6) is 0. The van der Waals surface area contributed by atoms with Gasteiger partial charge in [-0.25, -0.2) is 0 Å². The summed E-state index contributed by atoms with van der Waals surface area (Å²) >= 11 is 0. The molecule has 0 aromatic heterocycles. The maximum absolute atomic E-state index is 10.9. The molecule has 1 spiro atoms. The van der Waals surface area contributed by atoms with E-state index < -0.39 is 400 Å². The normalized spacial score (nSPS) is 23.9. The lowest BCUT2D eigenvalue weighted by molar-refractivity contribution is 0.660. The Balaban J connectivity index is 1.21. The molecule has 0 radical (unpaired) electrons. The predicted octanol–water partition coefficient (Wildman–Crippen LogP) is 18.0. The van der Waals surface area contributed by atoms with Crippen molar-refractivity contribution < 1.29 is 64.4 Å². The Bertz CT molecular complexity index is 6360. The van der Waals surface area contributed by atoms with Crippen LogP contribution in [-0.2, 0) is 10.8 Å². The summed E-state index contributed by atoms with van der Waals surface area (Å²) in [6.07, 6.45) is 0. The van der Waals surface area contributed by atoms with Gasteiger partial charge < -0.3 is 4.90 Å². The Morgan fingerprint density at radius 3 is 1.41 bits per heavy atom. The molecule has 0 bridgehead atoms. The number of benzene rings is 11. The minimum absolute atomic E-state index is 0.0989. The van der Waals surface area contributed by atoms with Crippen LogP contribution in [0.1, 0.15) is 112 Å². The van der Waals surface area contributed by atoms with E-state index in [4.69, 9.17) is 31.5 Å². The van der Waals surface area contributed by atoms with Crippen LogP contribution in [0.25, 0.3) is 77.5 Å². The van der Waals surface area contributed by atoms with Gasteiger partial charge in [-0.1, -0.05) is 219 Å². The zero-order chi connectivity index (χ0) is 86.5. The molecular formula is C68H47N. The van der Waals surface area contributed by atoms with E-state index in [0.717, 1.165) is 0 Å². The van der Waals surface area contributed by atoms with Crippen LogP contribution < -0.4 is 4.90 Å². The average molecular weight is 925 g/mol. The highest BCUT2D eigenvalue weighted by Gasteiger charge is 2.51. The van der Waals surface area contributed by atoms with Crippen LogP contribution in [0.4, 0.5) is 17.1 Å². The Labute approximate surface area is 470 Å². The van der Waals surface area contributed by atoms with Gasteiger partial charge in [-0.2, -0.15) is 0 Å². The lowest BCUT2D eigenvalue weighted by atomic mass is 9.70. The molecular weight excluding hydrogens is 831 g/mol. The van der Waals surface area contributed by atoms with Crippen molar-refractivity contribution in [3.63, 3.8) is 0 Å². The van der Waals surface area contributed by atoms with Gasteiger partial charge in [-0.05, 0) is 153 Å². The fraction of sp³-hybridized carbons (Fsp3) is 0.0588. The van der Waals surface area contributed by atoms with Crippen molar-refractivity contribution in [1.82, 2.24) is 0 Å². The summed E-state index contributed by atoms with van der Waals surface area (Å²) in [4.78, 5) is 0.0989. The zero-order valence-electron chi connectivity index (χ0n) is 81.4. The van der Waals surface area contributed by atoms with Crippen molar-refractivity contribution in [2.45, 2.75) is 24.5 Å². The summed E-state index contributed by atoms with van der Waals surface area (Å²) < 4.78 is 443. The minimum Gasteiger partial charge on any atom is -0.310 e. The molecule has 0 amide bonds. The minimum atomic E-state index is -4.12. The Morgan fingerprint density at radius 2 is 0.768 bits per heavy atom. The fourth-order valence-corrected chi connectivity index (χ4v) is 9.12. The summed E-state index contributed by atoms with van der Waals surface area (Å²) in [6, 6.07) is -52.8. The maximum Gasteiger partial charge on any atom is 0.0726 e. The molecule has 11 aromatic rings. The van der Waals surface area contributed by atoms with Crippen LogP contribution in [0, 0.1) is 0 Å². The van der Waals surface area contributed by atoms with Gasteiger partial charge in [0.05, 0.1) is 61.6 Å². The average Bonchev–Trinajstić information content (AvgIpc) is 1.50. The van der Waals surface area contributed by atoms with Crippen LogP contribution in [0.15, 0.2) is 248 Å².